The first-order chi connectivity index (χ1) is 9.58. The van der Waals surface area contributed by atoms with Gasteiger partial charge in [0, 0.05) is 29.8 Å². The summed E-state index contributed by atoms with van der Waals surface area (Å²) in [7, 11) is 0. The maximum atomic E-state index is 12.0. The average Bonchev–Trinajstić information content (AvgIpc) is 2.92. The summed E-state index contributed by atoms with van der Waals surface area (Å²) in [6.07, 6.45) is 3.06. The van der Waals surface area contributed by atoms with E-state index in [2.05, 4.69) is 21.2 Å². The molecule has 1 aliphatic rings. The van der Waals surface area contributed by atoms with Crippen molar-refractivity contribution < 1.29 is 14.5 Å². The van der Waals surface area contributed by atoms with Crippen molar-refractivity contribution in [3.8, 4) is 0 Å². The lowest BCUT2D eigenvalue weighted by Crippen LogP contribution is -2.27. The second-order valence-corrected chi connectivity index (χ2v) is 5.46. The predicted octanol–water partition coefficient (Wildman–Crippen LogP) is 2.66. The fraction of sp³-hybridized carbons (Fsp3) is 0.462. The van der Waals surface area contributed by atoms with Gasteiger partial charge in [-0.3, -0.25) is 14.9 Å². The highest BCUT2D eigenvalue weighted by atomic mass is 79.9. The van der Waals surface area contributed by atoms with E-state index in [1.807, 2.05) is 0 Å². The Balaban J connectivity index is 1.94. The van der Waals surface area contributed by atoms with E-state index in [0.29, 0.717) is 11.0 Å². The molecule has 1 atom stereocenters. The summed E-state index contributed by atoms with van der Waals surface area (Å²) in [4.78, 5) is 22.2. The van der Waals surface area contributed by atoms with Gasteiger partial charge in [0.1, 0.15) is 0 Å². The molecule has 2 rings (SSSR count). The molecule has 6 nitrogen and oxygen atoms in total. The van der Waals surface area contributed by atoms with Gasteiger partial charge < -0.3 is 10.1 Å². The zero-order valence-electron chi connectivity index (χ0n) is 10.8. The van der Waals surface area contributed by atoms with Crippen LogP contribution in [-0.2, 0) is 4.74 Å². The molecule has 1 saturated heterocycles. The van der Waals surface area contributed by atoms with Gasteiger partial charge in [-0.1, -0.05) is 0 Å². The van der Waals surface area contributed by atoms with Gasteiger partial charge in [-0.05, 0) is 41.3 Å². The van der Waals surface area contributed by atoms with Crippen molar-refractivity contribution >= 4 is 27.5 Å². The third kappa shape index (κ3) is 3.77. The second-order valence-electron chi connectivity index (χ2n) is 4.60. The van der Waals surface area contributed by atoms with E-state index in [4.69, 9.17) is 4.74 Å². The average molecular weight is 343 g/mol. The quantitative estimate of drug-likeness (QED) is 0.658. The number of carbonyl (C=O) groups excluding carboxylic acids is 1. The minimum absolute atomic E-state index is 0.0996. The van der Waals surface area contributed by atoms with Crippen molar-refractivity contribution in [1.82, 2.24) is 5.32 Å². The lowest BCUT2D eigenvalue weighted by atomic mass is 10.1. The number of nitro groups is 1. The van der Waals surface area contributed by atoms with Crippen LogP contribution in [0.4, 0.5) is 5.69 Å². The van der Waals surface area contributed by atoms with E-state index in [0.717, 1.165) is 25.9 Å². The fourth-order valence-corrected chi connectivity index (χ4v) is 2.54. The molecular formula is C13H15BrN2O4. The molecule has 1 amide bonds. The van der Waals surface area contributed by atoms with Crippen LogP contribution in [0.5, 0.6) is 0 Å². The van der Waals surface area contributed by atoms with Crippen molar-refractivity contribution in [3.05, 3.63) is 38.3 Å². The number of halogens is 1. The fourth-order valence-electron chi connectivity index (χ4n) is 2.11. The van der Waals surface area contributed by atoms with E-state index in [9.17, 15) is 14.9 Å². The molecule has 1 aromatic carbocycles. The summed E-state index contributed by atoms with van der Waals surface area (Å²) in [5, 5.41) is 13.5. The SMILES string of the molecule is O=C(NCCC1CCCO1)c1cc([N+](=O)[O-])ccc1Br. The number of hydrogen-bond acceptors (Lipinski definition) is 4. The highest BCUT2D eigenvalue weighted by Gasteiger charge is 2.17. The predicted molar refractivity (Wildman–Crippen MR) is 76.7 cm³/mol. The van der Waals surface area contributed by atoms with Crippen LogP contribution in [0, 0.1) is 10.1 Å². The molecular weight excluding hydrogens is 328 g/mol. The Morgan fingerprint density at radius 3 is 3.00 bits per heavy atom. The summed E-state index contributed by atoms with van der Waals surface area (Å²) in [5.41, 5.74) is 0.170. The first-order valence-corrected chi connectivity index (χ1v) is 7.21. The number of carbonyl (C=O) groups is 1. The van der Waals surface area contributed by atoms with Gasteiger partial charge in [-0.2, -0.15) is 0 Å². The highest BCUT2D eigenvalue weighted by molar-refractivity contribution is 9.10. The largest absolute Gasteiger partial charge is 0.378 e. The lowest BCUT2D eigenvalue weighted by molar-refractivity contribution is -0.384. The van der Waals surface area contributed by atoms with Crippen LogP contribution in [0.15, 0.2) is 22.7 Å². The number of ether oxygens (including phenoxy) is 1. The van der Waals surface area contributed by atoms with E-state index >= 15 is 0 Å². The molecule has 108 valence electrons. The van der Waals surface area contributed by atoms with E-state index < -0.39 is 4.92 Å². The standard InChI is InChI=1S/C13H15BrN2O4/c14-12-4-3-9(16(18)19)8-11(12)13(17)15-6-5-10-2-1-7-20-10/h3-4,8,10H,1-2,5-7H2,(H,15,17). The lowest BCUT2D eigenvalue weighted by Gasteiger charge is -2.10. The maximum Gasteiger partial charge on any atom is 0.270 e. The number of nitro benzene ring substituents is 1. The van der Waals surface area contributed by atoms with Crippen molar-refractivity contribution in [1.29, 1.82) is 0 Å². The molecule has 1 N–H and O–H groups in total. The van der Waals surface area contributed by atoms with Gasteiger partial charge >= 0.3 is 0 Å². The van der Waals surface area contributed by atoms with Crippen LogP contribution in [0.25, 0.3) is 0 Å². The molecule has 20 heavy (non-hydrogen) atoms. The third-order valence-electron chi connectivity index (χ3n) is 3.18. The number of rotatable bonds is 5. The summed E-state index contributed by atoms with van der Waals surface area (Å²) in [6.45, 7) is 1.29. The number of non-ortho nitro benzene ring substituents is 1. The van der Waals surface area contributed by atoms with E-state index in [1.54, 1.807) is 0 Å². The minimum atomic E-state index is -0.518. The van der Waals surface area contributed by atoms with Crippen molar-refractivity contribution in [2.45, 2.75) is 25.4 Å². The number of nitrogens with one attached hydrogen (secondary N) is 1. The molecule has 0 bridgehead atoms. The van der Waals surface area contributed by atoms with Crippen LogP contribution < -0.4 is 5.32 Å². The first-order valence-electron chi connectivity index (χ1n) is 6.41. The molecule has 1 aromatic rings. The molecule has 7 heteroatoms. The van der Waals surface area contributed by atoms with Crippen LogP contribution in [0.1, 0.15) is 29.6 Å². The molecule has 1 fully saturated rings. The monoisotopic (exact) mass is 342 g/mol. The van der Waals surface area contributed by atoms with E-state index in [1.165, 1.54) is 18.2 Å². The Kier molecular flexibility index (Phi) is 5.08. The van der Waals surface area contributed by atoms with Crippen molar-refractivity contribution in [2.75, 3.05) is 13.2 Å². The molecule has 1 unspecified atom stereocenters. The summed E-state index contributed by atoms with van der Waals surface area (Å²) in [6, 6.07) is 4.13. The Labute approximate surface area is 124 Å². The minimum Gasteiger partial charge on any atom is -0.378 e. The van der Waals surface area contributed by atoms with Crippen LogP contribution >= 0.6 is 15.9 Å². The van der Waals surface area contributed by atoms with Crippen molar-refractivity contribution in [3.63, 3.8) is 0 Å². The Bertz CT molecular complexity index is 515. The van der Waals surface area contributed by atoms with Gasteiger partial charge in [0.25, 0.3) is 11.6 Å². The number of amides is 1. The van der Waals surface area contributed by atoms with Gasteiger partial charge in [-0.15, -0.1) is 0 Å². The van der Waals surface area contributed by atoms with Crippen molar-refractivity contribution in [2.24, 2.45) is 0 Å². The number of hydrogen-bond donors (Lipinski definition) is 1. The Morgan fingerprint density at radius 2 is 2.35 bits per heavy atom. The van der Waals surface area contributed by atoms with Crippen LogP contribution in [0.3, 0.4) is 0 Å². The Morgan fingerprint density at radius 1 is 1.55 bits per heavy atom. The van der Waals surface area contributed by atoms with Gasteiger partial charge in [-0.25, -0.2) is 0 Å². The molecule has 0 aliphatic carbocycles. The van der Waals surface area contributed by atoms with E-state index in [-0.39, 0.29) is 23.3 Å². The zero-order chi connectivity index (χ0) is 14.5. The number of nitrogens with zero attached hydrogens (tertiary/aromatic N) is 1. The van der Waals surface area contributed by atoms with Gasteiger partial charge in [0.05, 0.1) is 16.6 Å². The maximum absolute atomic E-state index is 12.0. The first kappa shape index (κ1) is 14.9. The molecule has 0 radical (unpaired) electrons. The summed E-state index contributed by atoms with van der Waals surface area (Å²) < 4.78 is 6.00. The van der Waals surface area contributed by atoms with Gasteiger partial charge in [0.2, 0.25) is 0 Å². The van der Waals surface area contributed by atoms with Gasteiger partial charge in [0.15, 0.2) is 0 Å². The highest BCUT2D eigenvalue weighted by Crippen LogP contribution is 2.22. The molecule has 0 aromatic heterocycles. The summed E-state index contributed by atoms with van der Waals surface area (Å²) in [5.74, 6) is -0.321. The smallest absolute Gasteiger partial charge is 0.270 e. The molecule has 0 saturated carbocycles. The Hall–Kier alpha value is -1.47. The van der Waals surface area contributed by atoms with Crippen LogP contribution in [-0.4, -0.2) is 30.1 Å². The zero-order valence-corrected chi connectivity index (χ0v) is 12.4. The summed E-state index contributed by atoms with van der Waals surface area (Å²) >= 11 is 3.23. The third-order valence-corrected chi connectivity index (χ3v) is 3.87. The molecule has 1 aliphatic heterocycles. The van der Waals surface area contributed by atoms with Crippen LogP contribution in [0.2, 0.25) is 0 Å². The molecule has 0 spiro atoms. The normalized spacial score (nSPS) is 17.9. The molecule has 1 heterocycles. The number of benzene rings is 1. The second kappa shape index (κ2) is 6.81. The topological polar surface area (TPSA) is 81.5 Å².